The minimum Gasteiger partial charge on any atom is -0.329 e. The van der Waals surface area contributed by atoms with Gasteiger partial charge in [-0.05, 0) is 37.0 Å². The van der Waals surface area contributed by atoms with E-state index < -0.39 is 10.0 Å². The molecule has 0 heterocycles. The van der Waals surface area contributed by atoms with Gasteiger partial charge >= 0.3 is 0 Å². The van der Waals surface area contributed by atoms with Crippen molar-refractivity contribution in [2.75, 3.05) is 6.54 Å². The largest absolute Gasteiger partial charge is 0.329 e. The quantitative estimate of drug-likeness (QED) is 0.846. The van der Waals surface area contributed by atoms with Crippen molar-refractivity contribution < 1.29 is 8.42 Å². The summed E-state index contributed by atoms with van der Waals surface area (Å²) in [7, 11) is -3.45. The maximum atomic E-state index is 12.0. The summed E-state index contributed by atoms with van der Waals surface area (Å²) in [5.41, 5.74) is 6.57. The van der Waals surface area contributed by atoms with E-state index in [1.54, 1.807) is 19.1 Å². The van der Waals surface area contributed by atoms with Crippen molar-refractivity contribution >= 4 is 22.4 Å². The van der Waals surface area contributed by atoms with Crippen LogP contribution in [0.2, 0.25) is 0 Å². The number of benzene rings is 1. The van der Waals surface area contributed by atoms with Gasteiger partial charge in [-0.15, -0.1) is 12.4 Å². The topological polar surface area (TPSA) is 72.2 Å². The fourth-order valence-corrected chi connectivity index (χ4v) is 2.85. The highest BCUT2D eigenvalue weighted by molar-refractivity contribution is 7.89. The first-order valence-electron chi connectivity index (χ1n) is 6.23. The number of hydrogen-bond acceptors (Lipinski definition) is 3. The molecule has 0 saturated carbocycles. The van der Waals surface area contributed by atoms with E-state index in [0.29, 0.717) is 5.92 Å². The molecule has 0 fully saturated rings. The molecular weight excluding hydrogens is 284 g/mol. The molecule has 0 radical (unpaired) electrons. The molecule has 0 aliphatic carbocycles. The average molecular weight is 307 g/mol. The predicted molar refractivity (Wildman–Crippen MR) is 81.2 cm³/mol. The van der Waals surface area contributed by atoms with Crippen LogP contribution in [0.5, 0.6) is 0 Å². The van der Waals surface area contributed by atoms with Gasteiger partial charge in [0.2, 0.25) is 10.0 Å². The van der Waals surface area contributed by atoms with Crippen LogP contribution in [0.15, 0.2) is 29.2 Å². The maximum Gasteiger partial charge on any atom is 0.240 e. The molecule has 19 heavy (non-hydrogen) atoms. The normalized spacial score (nSPS) is 14.5. The highest BCUT2D eigenvalue weighted by atomic mass is 35.5. The molecule has 4 nitrogen and oxygen atoms in total. The van der Waals surface area contributed by atoms with E-state index >= 15 is 0 Å². The molecule has 0 aromatic heterocycles. The van der Waals surface area contributed by atoms with Gasteiger partial charge in [0.05, 0.1) is 4.90 Å². The maximum absolute atomic E-state index is 12.0. The molecule has 0 aliphatic heterocycles. The lowest BCUT2D eigenvalue weighted by Crippen LogP contribution is -2.37. The molecule has 0 bridgehead atoms. The zero-order valence-corrected chi connectivity index (χ0v) is 13.2. The van der Waals surface area contributed by atoms with Crippen molar-refractivity contribution in [2.24, 2.45) is 5.73 Å². The van der Waals surface area contributed by atoms with Crippen molar-refractivity contribution in [3.8, 4) is 0 Å². The molecule has 0 amide bonds. The lowest BCUT2D eigenvalue weighted by molar-refractivity contribution is 0.562. The number of nitrogens with one attached hydrogen (secondary N) is 1. The molecule has 3 N–H and O–H groups in total. The summed E-state index contributed by atoms with van der Waals surface area (Å²) < 4.78 is 26.5. The number of halogens is 1. The Bertz CT molecular complexity index is 474. The average Bonchev–Trinajstić information content (AvgIpc) is 2.37. The summed E-state index contributed by atoms with van der Waals surface area (Å²) in [6.07, 6.45) is 1.04. The van der Waals surface area contributed by atoms with Crippen LogP contribution in [0, 0.1) is 0 Å². The van der Waals surface area contributed by atoms with Gasteiger partial charge < -0.3 is 5.73 Å². The fraction of sp³-hybridized carbons (Fsp3) is 0.538. The van der Waals surface area contributed by atoms with Crippen LogP contribution >= 0.6 is 12.4 Å². The Hall–Kier alpha value is -0.620. The summed E-state index contributed by atoms with van der Waals surface area (Å²) in [5, 5.41) is 0. The Kier molecular flexibility index (Phi) is 7.59. The summed E-state index contributed by atoms with van der Waals surface area (Å²) in [5.74, 6) is 0.442. The van der Waals surface area contributed by atoms with Gasteiger partial charge in [-0.3, -0.25) is 0 Å². The predicted octanol–water partition coefficient (Wildman–Crippen LogP) is 2.25. The van der Waals surface area contributed by atoms with E-state index in [4.69, 9.17) is 5.73 Å². The van der Waals surface area contributed by atoms with Crippen molar-refractivity contribution in [1.82, 2.24) is 4.72 Å². The molecule has 0 saturated heterocycles. The molecule has 2 atom stereocenters. The van der Waals surface area contributed by atoms with Gasteiger partial charge in [0, 0.05) is 12.6 Å². The first kappa shape index (κ1) is 18.4. The molecule has 1 unspecified atom stereocenters. The van der Waals surface area contributed by atoms with Gasteiger partial charge in [-0.2, -0.15) is 0 Å². The van der Waals surface area contributed by atoms with E-state index in [-0.39, 0.29) is 29.9 Å². The van der Waals surface area contributed by atoms with Gasteiger partial charge in [-0.1, -0.05) is 26.0 Å². The third-order valence-corrected chi connectivity index (χ3v) is 4.69. The lowest BCUT2D eigenvalue weighted by atomic mass is 9.99. The summed E-state index contributed by atoms with van der Waals surface area (Å²) in [6.45, 7) is 6.26. The monoisotopic (exact) mass is 306 g/mol. The zero-order valence-electron chi connectivity index (χ0n) is 11.6. The standard InChI is InChI=1S/C13H22N2O2S.ClH/c1-4-10(2)12-5-7-13(8-6-12)18(16,17)15-11(3)9-14;/h5-8,10-11,15H,4,9,14H2,1-3H3;1H/t10?,11-;/m1./s1. The van der Waals surface area contributed by atoms with E-state index in [1.807, 2.05) is 12.1 Å². The molecule has 6 heteroatoms. The van der Waals surface area contributed by atoms with Gasteiger partial charge in [0.1, 0.15) is 0 Å². The molecule has 1 aromatic rings. The van der Waals surface area contributed by atoms with Crippen LogP contribution in [-0.4, -0.2) is 21.0 Å². The van der Waals surface area contributed by atoms with Gasteiger partial charge in [0.25, 0.3) is 0 Å². The number of sulfonamides is 1. The van der Waals surface area contributed by atoms with Crippen molar-refractivity contribution in [3.05, 3.63) is 29.8 Å². The van der Waals surface area contributed by atoms with Crippen LogP contribution in [0.1, 0.15) is 38.7 Å². The minimum atomic E-state index is -3.45. The number of nitrogens with two attached hydrogens (primary N) is 1. The lowest BCUT2D eigenvalue weighted by Gasteiger charge is -2.13. The number of hydrogen-bond donors (Lipinski definition) is 2. The summed E-state index contributed by atoms with van der Waals surface area (Å²) >= 11 is 0. The van der Waals surface area contributed by atoms with Crippen LogP contribution in [0.4, 0.5) is 0 Å². The second-order valence-corrected chi connectivity index (χ2v) is 6.35. The second-order valence-electron chi connectivity index (χ2n) is 4.64. The van der Waals surface area contributed by atoms with Crippen LogP contribution in [0.3, 0.4) is 0 Å². The van der Waals surface area contributed by atoms with Crippen LogP contribution < -0.4 is 10.5 Å². The Labute approximate surface area is 122 Å². The molecule has 0 spiro atoms. The molecule has 110 valence electrons. The SMILES string of the molecule is CCC(C)c1ccc(S(=O)(=O)N[C@H](C)CN)cc1.Cl. The summed E-state index contributed by atoms with van der Waals surface area (Å²) in [4.78, 5) is 0.287. The Morgan fingerprint density at radius 3 is 2.16 bits per heavy atom. The fourth-order valence-electron chi connectivity index (χ4n) is 1.59. The second kappa shape index (κ2) is 7.85. The molecule has 1 aromatic carbocycles. The molecule has 0 aliphatic rings. The number of rotatable bonds is 6. The first-order valence-corrected chi connectivity index (χ1v) is 7.71. The van der Waals surface area contributed by atoms with E-state index in [2.05, 4.69) is 18.6 Å². The van der Waals surface area contributed by atoms with Crippen molar-refractivity contribution in [2.45, 2.75) is 44.0 Å². The first-order chi connectivity index (χ1) is 8.40. The van der Waals surface area contributed by atoms with Crippen LogP contribution in [0.25, 0.3) is 0 Å². The van der Waals surface area contributed by atoms with E-state index in [0.717, 1.165) is 12.0 Å². The van der Waals surface area contributed by atoms with Crippen molar-refractivity contribution in [1.29, 1.82) is 0 Å². The Morgan fingerprint density at radius 1 is 1.21 bits per heavy atom. The Balaban J connectivity index is 0.00000324. The minimum absolute atomic E-state index is 0. The van der Waals surface area contributed by atoms with Gasteiger partial charge in [0.15, 0.2) is 0 Å². The van der Waals surface area contributed by atoms with Crippen molar-refractivity contribution in [3.63, 3.8) is 0 Å². The van der Waals surface area contributed by atoms with Crippen LogP contribution in [-0.2, 0) is 10.0 Å². The van der Waals surface area contributed by atoms with E-state index in [1.165, 1.54) is 0 Å². The third kappa shape index (κ3) is 5.10. The van der Waals surface area contributed by atoms with E-state index in [9.17, 15) is 8.42 Å². The molecule has 1 rings (SSSR count). The summed E-state index contributed by atoms with van der Waals surface area (Å²) in [6, 6.07) is 6.77. The molecular formula is C13H23ClN2O2S. The smallest absolute Gasteiger partial charge is 0.240 e. The van der Waals surface area contributed by atoms with Gasteiger partial charge in [-0.25, -0.2) is 13.1 Å². The highest BCUT2D eigenvalue weighted by Crippen LogP contribution is 2.20. The Morgan fingerprint density at radius 2 is 1.74 bits per heavy atom. The third-order valence-electron chi connectivity index (χ3n) is 3.08. The zero-order chi connectivity index (χ0) is 13.8. The highest BCUT2D eigenvalue weighted by Gasteiger charge is 2.16.